The van der Waals surface area contributed by atoms with Gasteiger partial charge in [0.2, 0.25) is 0 Å². The number of Topliss-reactive ketones (excluding diaryl/α,β-unsaturated/α-hetero) is 1. The van der Waals surface area contributed by atoms with E-state index in [0.717, 1.165) is 37.7 Å². The highest BCUT2D eigenvalue weighted by atomic mass is 16.6. The van der Waals surface area contributed by atoms with Crippen LogP contribution in [0.4, 0.5) is 0 Å². The number of aliphatic hydroxyl groups excluding tert-OH is 1. The molecule has 6 heteroatoms. The van der Waals surface area contributed by atoms with Crippen LogP contribution in [0.1, 0.15) is 153 Å². The predicted octanol–water partition coefficient (Wildman–Crippen LogP) is 9.47. The predicted molar refractivity (Wildman–Crippen MR) is 195 cm³/mol. The van der Waals surface area contributed by atoms with Crippen LogP contribution < -0.4 is 0 Å². The van der Waals surface area contributed by atoms with Crippen molar-refractivity contribution in [1.29, 1.82) is 0 Å². The molecule has 2 aliphatic carbocycles. The molecule has 0 spiro atoms. The van der Waals surface area contributed by atoms with Gasteiger partial charge in [-0.25, -0.2) is 0 Å². The summed E-state index contributed by atoms with van der Waals surface area (Å²) in [7, 11) is 0. The molecule has 48 heavy (non-hydrogen) atoms. The Kier molecular flexibility index (Phi) is 13.6. The normalized spacial score (nSPS) is 34.5. The number of epoxide rings is 1. The van der Waals surface area contributed by atoms with Crippen molar-refractivity contribution in [1.82, 2.24) is 0 Å². The maximum atomic E-state index is 13.2. The first-order valence-electron chi connectivity index (χ1n) is 19.0. The molecular weight excluding hydrogens is 600 g/mol. The molecule has 1 aliphatic heterocycles. The van der Waals surface area contributed by atoms with E-state index in [1.807, 2.05) is 13.8 Å². The topological polar surface area (TPSA) is 96.4 Å². The molecule has 0 aromatic rings. The van der Waals surface area contributed by atoms with Crippen LogP contribution in [-0.2, 0) is 19.1 Å². The number of fused-ring (bicyclic) bond motifs is 1. The van der Waals surface area contributed by atoms with E-state index in [0.29, 0.717) is 43.4 Å². The number of aliphatic hydroxyl groups is 2. The van der Waals surface area contributed by atoms with Crippen molar-refractivity contribution in [3.8, 4) is 0 Å². The zero-order chi connectivity index (χ0) is 36.1. The lowest BCUT2D eigenvalue weighted by Crippen LogP contribution is -2.48. The summed E-state index contributed by atoms with van der Waals surface area (Å²) < 4.78 is 11.7. The summed E-state index contributed by atoms with van der Waals surface area (Å²) in [4.78, 5) is 24.7. The Bertz CT molecular complexity index is 1170. The van der Waals surface area contributed by atoms with Gasteiger partial charge in [-0.2, -0.15) is 0 Å². The van der Waals surface area contributed by atoms with E-state index in [2.05, 4.69) is 85.8 Å². The fourth-order valence-electron chi connectivity index (χ4n) is 9.16. The Morgan fingerprint density at radius 2 is 1.50 bits per heavy atom. The number of rotatable bonds is 17. The van der Waals surface area contributed by atoms with E-state index in [1.165, 1.54) is 26.2 Å². The third-order valence-corrected chi connectivity index (χ3v) is 11.9. The molecule has 0 amide bonds. The second-order valence-electron chi connectivity index (χ2n) is 18.0. The van der Waals surface area contributed by atoms with Gasteiger partial charge in [-0.1, -0.05) is 105 Å². The monoisotopic (exact) mass is 671 g/mol. The van der Waals surface area contributed by atoms with Gasteiger partial charge < -0.3 is 19.7 Å². The number of carbonyl (C=O) groups is 2. The van der Waals surface area contributed by atoms with Gasteiger partial charge >= 0.3 is 5.97 Å². The highest BCUT2D eigenvalue weighted by Crippen LogP contribution is 2.67. The first-order chi connectivity index (χ1) is 22.1. The molecule has 0 bridgehead atoms. The molecule has 3 aliphatic rings. The van der Waals surface area contributed by atoms with Gasteiger partial charge in [-0.15, -0.1) is 0 Å². The van der Waals surface area contributed by atoms with Crippen LogP contribution >= 0.6 is 0 Å². The van der Waals surface area contributed by atoms with E-state index < -0.39 is 11.2 Å². The molecule has 0 aromatic carbocycles. The van der Waals surface area contributed by atoms with E-state index in [9.17, 15) is 19.8 Å². The lowest BCUT2D eigenvalue weighted by Gasteiger charge is -2.46. The van der Waals surface area contributed by atoms with Gasteiger partial charge in [0, 0.05) is 32.1 Å². The minimum atomic E-state index is -0.958. The van der Waals surface area contributed by atoms with Crippen molar-refractivity contribution < 1.29 is 29.3 Å². The van der Waals surface area contributed by atoms with Crippen molar-refractivity contribution in [2.45, 2.75) is 182 Å². The van der Waals surface area contributed by atoms with Crippen LogP contribution in [0.5, 0.6) is 0 Å². The molecule has 0 aromatic heterocycles. The highest BCUT2D eigenvalue weighted by Gasteiger charge is 2.76. The van der Waals surface area contributed by atoms with Crippen molar-refractivity contribution in [2.24, 2.45) is 34.5 Å². The minimum absolute atomic E-state index is 0.0369. The maximum absolute atomic E-state index is 13.2. The smallest absolute Gasteiger partial charge is 0.302 e. The highest BCUT2D eigenvalue weighted by molar-refractivity contribution is 5.82. The van der Waals surface area contributed by atoms with E-state index in [1.54, 1.807) is 0 Å². The summed E-state index contributed by atoms with van der Waals surface area (Å²) in [5.41, 5.74) is -1.12. The van der Waals surface area contributed by atoms with Gasteiger partial charge in [0.25, 0.3) is 0 Å². The van der Waals surface area contributed by atoms with E-state index in [-0.39, 0.29) is 46.3 Å². The summed E-state index contributed by atoms with van der Waals surface area (Å²) in [6.45, 7) is 22.8. The summed E-state index contributed by atoms with van der Waals surface area (Å²) in [6, 6.07) is 0. The molecule has 2 saturated carbocycles. The molecule has 1 heterocycles. The van der Waals surface area contributed by atoms with Gasteiger partial charge in [0.15, 0.2) is 0 Å². The molecule has 6 nitrogen and oxygen atoms in total. The van der Waals surface area contributed by atoms with Gasteiger partial charge in [0.1, 0.15) is 17.5 Å². The Morgan fingerprint density at radius 1 is 0.875 bits per heavy atom. The number of allylic oxidation sites excluding steroid dienone is 5. The number of carbonyl (C=O) groups excluding carboxylic acids is 2. The van der Waals surface area contributed by atoms with E-state index in [4.69, 9.17) is 9.47 Å². The zero-order valence-corrected chi connectivity index (χ0v) is 32.4. The Labute approximate surface area is 293 Å². The Balaban J connectivity index is 1.32. The molecule has 1 saturated heterocycles. The van der Waals surface area contributed by atoms with Crippen LogP contribution in [0.15, 0.2) is 36.0 Å². The molecule has 4 unspecified atom stereocenters. The first-order valence-corrected chi connectivity index (χ1v) is 19.0. The number of hydrogen-bond donors (Lipinski definition) is 2. The summed E-state index contributed by atoms with van der Waals surface area (Å²) in [6.07, 6.45) is 21.1. The number of esters is 1. The molecule has 0 radical (unpaired) electrons. The second kappa shape index (κ2) is 16.1. The van der Waals surface area contributed by atoms with Gasteiger partial charge in [-0.3, -0.25) is 9.59 Å². The van der Waals surface area contributed by atoms with Crippen molar-refractivity contribution >= 4 is 11.8 Å². The molecule has 3 fully saturated rings. The third-order valence-electron chi connectivity index (χ3n) is 11.9. The molecule has 2 N–H and O–H groups in total. The summed E-state index contributed by atoms with van der Waals surface area (Å²) in [5, 5.41) is 21.5. The Hall–Kier alpha value is -1.76. The maximum Gasteiger partial charge on any atom is 0.302 e. The van der Waals surface area contributed by atoms with Crippen LogP contribution in [0.25, 0.3) is 0 Å². The largest absolute Gasteiger partial charge is 0.462 e. The van der Waals surface area contributed by atoms with Crippen molar-refractivity contribution in [2.75, 3.05) is 0 Å². The van der Waals surface area contributed by atoms with Gasteiger partial charge in [-0.05, 0) is 86.5 Å². The number of hydrogen-bond acceptors (Lipinski definition) is 6. The molecular formula is C42H70O6. The quantitative estimate of drug-likeness (QED) is 0.0909. The molecule has 274 valence electrons. The first kappa shape index (κ1) is 40.7. The van der Waals surface area contributed by atoms with Crippen molar-refractivity contribution in [3.63, 3.8) is 0 Å². The van der Waals surface area contributed by atoms with Crippen LogP contribution in [0.3, 0.4) is 0 Å². The fraction of sp³-hybridized carbons (Fsp3) is 0.810. The lowest BCUT2D eigenvalue weighted by molar-refractivity contribution is -0.152. The average Bonchev–Trinajstić information content (AvgIpc) is 3.53. The van der Waals surface area contributed by atoms with Crippen LogP contribution in [-0.4, -0.2) is 51.0 Å². The third kappa shape index (κ3) is 10.4. The second-order valence-corrected chi connectivity index (χ2v) is 18.0. The zero-order valence-electron chi connectivity index (χ0n) is 32.4. The Morgan fingerprint density at radius 3 is 2.10 bits per heavy atom. The summed E-state index contributed by atoms with van der Waals surface area (Å²) >= 11 is 0. The number of ketones is 1. The van der Waals surface area contributed by atoms with Crippen LogP contribution in [0, 0.1) is 34.5 Å². The van der Waals surface area contributed by atoms with E-state index >= 15 is 0 Å². The summed E-state index contributed by atoms with van der Waals surface area (Å²) in [5.74, 6) is 1.58. The lowest BCUT2D eigenvalue weighted by atomic mass is 9.61. The molecule has 9 atom stereocenters. The minimum Gasteiger partial charge on any atom is -0.462 e. The number of ether oxygens (including phenoxy) is 2. The standard InChI is InChI=1S/C42H70O6/c1-29(18-14-19-31(3)22-23-37-38(6,7)26-35(47-33(5)43)27-40(37,10)46)16-12-13-17-30(2)20-15-21-32(4)36(45)28-42-39(8,9)24-34(44)25-41(42,11)48-42/h12-13,15,20,23,29-32,34-35,44,46H,14,16-19,21-22,24-28H2,1-11H3/b13-12+,20-15+,37-23?/t29?,30?,31?,32?,34-,35-,40+,41+,42-/m0/s1. The van der Waals surface area contributed by atoms with Gasteiger partial charge in [0.05, 0.1) is 17.3 Å². The SMILES string of the molecule is CC(=O)O[C@H]1CC(C)(C)C(=CCC(C)CCCC(C)C/C=C/CC(C)/C=C/CC(C)C(=O)C[C@@]23O[C@]2(C)C[C@@H](O)CC3(C)C)[C@](C)(O)C1. The fourth-order valence-corrected chi connectivity index (χ4v) is 9.16. The van der Waals surface area contributed by atoms with Crippen LogP contribution in [0.2, 0.25) is 0 Å². The van der Waals surface area contributed by atoms with Crippen molar-refractivity contribution in [3.05, 3.63) is 36.0 Å². The average molecular weight is 671 g/mol. The molecule has 3 rings (SSSR count).